The van der Waals surface area contributed by atoms with Gasteiger partial charge in [-0.25, -0.2) is 0 Å². The van der Waals surface area contributed by atoms with E-state index in [1.807, 2.05) is 0 Å². The van der Waals surface area contributed by atoms with Crippen molar-refractivity contribution in [2.45, 2.75) is 12.8 Å². The van der Waals surface area contributed by atoms with Crippen LogP contribution in [0.1, 0.15) is 12.8 Å². The zero-order valence-corrected chi connectivity index (χ0v) is 6.04. The molecule has 5 nitrogen and oxygen atoms in total. The Morgan fingerprint density at radius 3 is 1.58 bits per heavy atom. The number of carboxylic acid groups (broad SMARTS) is 2. The number of nitrogens with one attached hydrogen (secondary N) is 1. The summed E-state index contributed by atoms with van der Waals surface area (Å²) < 4.78 is 0. The zero-order valence-electron chi connectivity index (χ0n) is 6.04. The Balaban J connectivity index is 0. The van der Waals surface area contributed by atoms with E-state index in [2.05, 4.69) is 5.32 Å². The van der Waals surface area contributed by atoms with Crippen LogP contribution in [-0.4, -0.2) is 64.8 Å². The van der Waals surface area contributed by atoms with Gasteiger partial charge in [0.1, 0.15) is 0 Å². The van der Waals surface area contributed by atoms with Gasteiger partial charge in [-0.2, -0.15) is 0 Å². The summed E-state index contributed by atoms with van der Waals surface area (Å²) in [5.41, 5.74) is 0. The molecule has 0 saturated heterocycles. The third-order valence-corrected chi connectivity index (χ3v) is 1.03. The summed E-state index contributed by atoms with van der Waals surface area (Å²) in [4.78, 5) is 19.9. The summed E-state index contributed by atoms with van der Waals surface area (Å²) in [5, 5.41) is 19.0. The van der Waals surface area contributed by atoms with Crippen LogP contribution >= 0.6 is 0 Å². The zero-order chi connectivity index (χ0) is 8.69. The van der Waals surface area contributed by atoms with Crippen molar-refractivity contribution in [3.8, 4) is 0 Å². The molecule has 0 atom stereocenters. The minimum atomic E-state index is -0.882. The SMILES string of the molecule is O=C(O)CCNCCC(=O)O.[NaH]. The standard InChI is InChI=1S/C6H11NO4.Na.H/c8-5(9)1-3-7-4-2-6(10)11;;/h7H,1-4H2,(H,8,9)(H,10,11);;. The van der Waals surface area contributed by atoms with Crippen LogP contribution in [0.3, 0.4) is 0 Å². The number of hydrogen-bond acceptors (Lipinski definition) is 3. The normalized spacial score (nSPS) is 8.67. The molecule has 66 valence electrons. The van der Waals surface area contributed by atoms with Gasteiger partial charge in [0, 0.05) is 13.1 Å². The fourth-order valence-corrected chi connectivity index (χ4v) is 0.516. The third kappa shape index (κ3) is 12.6. The van der Waals surface area contributed by atoms with E-state index < -0.39 is 11.9 Å². The van der Waals surface area contributed by atoms with Gasteiger partial charge in [-0.1, -0.05) is 0 Å². The molecule has 0 heterocycles. The number of hydrogen-bond donors (Lipinski definition) is 3. The van der Waals surface area contributed by atoms with Crippen molar-refractivity contribution in [2.75, 3.05) is 13.1 Å². The molecule has 0 aromatic heterocycles. The van der Waals surface area contributed by atoms with E-state index in [9.17, 15) is 9.59 Å². The second kappa shape index (κ2) is 8.99. The summed E-state index contributed by atoms with van der Waals surface area (Å²) in [6.07, 6.45) is 0.0548. The van der Waals surface area contributed by atoms with Crippen LogP contribution in [0, 0.1) is 0 Å². The van der Waals surface area contributed by atoms with Crippen LogP contribution in [0.15, 0.2) is 0 Å². The Morgan fingerprint density at radius 1 is 1.00 bits per heavy atom. The molecule has 0 aliphatic heterocycles. The van der Waals surface area contributed by atoms with Crippen molar-refractivity contribution in [2.24, 2.45) is 0 Å². The predicted molar refractivity (Wildman–Crippen MR) is 44.5 cm³/mol. The van der Waals surface area contributed by atoms with Gasteiger partial charge in [0.05, 0.1) is 12.8 Å². The molecule has 0 spiro atoms. The van der Waals surface area contributed by atoms with Crippen LogP contribution in [-0.2, 0) is 9.59 Å². The Bertz CT molecular complexity index is 134. The van der Waals surface area contributed by atoms with Crippen molar-refractivity contribution in [1.29, 1.82) is 0 Å². The van der Waals surface area contributed by atoms with Crippen molar-refractivity contribution in [3.05, 3.63) is 0 Å². The van der Waals surface area contributed by atoms with E-state index in [0.717, 1.165) is 0 Å². The number of aliphatic carboxylic acids is 2. The molecule has 0 unspecified atom stereocenters. The molecule has 12 heavy (non-hydrogen) atoms. The first-order valence-corrected chi connectivity index (χ1v) is 3.27. The summed E-state index contributed by atoms with van der Waals surface area (Å²) in [6.45, 7) is 0.644. The van der Waals surface area contributed by atoms with Gasteiger partial charge in [0.15, 0.2) is 0 Å². The Kier molecular flexibility index (Phi) is 10.8. The Labute approximate surface area is 92.4 Å². The van der Waals surface area contributed by atoms with E-state index in [0.29, 0.717) is 13.1 Å². The van der Waals surface area contributed by atoms with Crippen LogP contribution in [0.2, 0.25) is 0 Å². The van der Waals surface area contributed by atoms with Crippen LogP contribution in [0.25, 0.3) is 0 Å². The first-order valence-electron chi connectivity index (χ1n) is 3.27. The van der Waals surface area contributed by atoms with Crippen LogP contribution in [0.4, 0.5) is 0 Å². The molecular formula is C6H12NNaO4. The maximum absolute atomic E-state index is 9.94. The van der Waals surface area contributed by atoms with E-state index in [-0.39, 0.29) is 42.4 Å². The van der Waals surface area contributed by atoms with Gasteiger partial charge in [0.2, 0.25) is 0 Å². The van der Waals surface area contributed by atoms with Gasteiger partial charge in [-0.05, 0) is 0 Å². The van der Waals surface area contributed by atoms with E-state index in [4.69, 9.17) is 10.2 Å². The van der Waals surface area contributed by atoms with Crippen LogP contribution in [0.5, 0.6) is 0 Å². The quantitative estimate of drug-likeness (QED) is 0.360. The maximum atomic E-state index is 9.94. The van der Waals surface area contributed by atoms with E-state index in [1.165, 1.54) is 0 Å². The van der Waals surface area contributed by atoms with E-state index in [1.54, 1.807) is 0 Å². The van der Waals surface area contributed by atoms with Gasteiger partial charge in [-0.15, -0.1) is 0 Å². The van der Waals surface area contributed by atoms with Gasteiger partial charge in [-0.3, -0.25) is 9.59 Å². The second-order valence-corrected chi connectivity index (χ2v) is 2.04. The number of rotatable bonds is 6. The summed E-state index contributed by atoms with van der Waals surface area (Å²) in [6, 6.07) is 0. The van der Waals surface area contributed by atoms with Gasteiger partial charge in [0.25, 0.3) is 0 Å². The average molecular weight is 185 g/mol. The average Bonchev–Trinajstić information content (AvgIpc) is 1.85. The molecule has 0 bridgehead atoms. The summed E-state index contributed by atoms with van der Waals surface area (Å²) >= 11 is 0. The number of carbonyl (C=O) groups is 2. The molecule has 0 aromatic rings. The molecule has 0 saturated carbocycles. The summed E-state index contributed by atoms with van der Waals surface area (Å²) in [7, 11) is 0. The molecule has 3 N–H and O–H groups in total. The molecule has 0 radical (unpaired) electrons. The Morgan fingerprint density at radius 2 is 1.33 bits per heavy atom. The van der Waals surface area contributed by atoms with E-state index >= 15 is 0 Å². The predicted octanol–water partition coefficient (Wildman–Crippen LogP) is -1.12. The first kappa shape index (κ1) is 14.4. The molecule has 0 fully saturated rings. The molecular weight excluding hydrogens is 173 g/mol. The number of carboxylic acids is 2. The first-order chi connectivity index (χ1) is 5.13. The van der Waals surface area contributed by atoms with Crippen molar-refractivity contribution >= 4 is 41.5 Å². The van der Waals surface area contributed by atoms with Crippen LogP contribution < -0.4 is 5.32 Å². The van der Waals surface area contributed by atoms with Gasteiger partial charge < -0.3 is 15.5 Å². The monoisotopic (exact) mass is 185 g/mol. The fraction of sp³-hybridized carbons (Fsp3) is 0.667. The Hall–Kier alpha value is -0.100. The molecule has 0 aliphatic rings. The second-order valence-electron chi connectivity index (χ2n) is 2.04. The molecule has 0 aromatic carbocycles. The summed E-state index contributed by atoms with van der Waals surface area (Å²) in [5.74, 6) is -1.76. The fourth-order valence-electron chi connectivity index (χ4n) is 0.516. The van der Waals surface area contributed by atoms with Crippen molar-refractivity contribution in [1.82, 2.24) is 5.32 Å². The van der Waals surface area contributed by atoms with Crippen molar-refractivity contribution in [3.63, 3.8) is 0 Å². The minimum absolute atomic E-state index is 0. The topological polar surface area (TPSA) is 86.6 Å². The van der Waals surface area contributed by atoms with Crippen molar-refractivity contribution < 1.29 is 19.8 Å². The molecule has 0 aliphatic carbocycles. The third-order valence-electron chi connectivity index (χ3n) is 1.03. The van der Waals surface area contributed by atoms with Gasteiger partial charge >= 0.3 is 41.5 Å². The molecule has 0 rings (SSSR count). The molecule has 0 amide bonds. The molecule has 6 heteroatoms.